The van der Waals surface area contributed by atoms with Crippen molar-refractivity contribution in [3.63, 3.8) is 0 Å². The monoisotopic (exact) mass is 304 g/mol. The van der Waals surface area contributed by atoms with Crippen LogP contribution in [-0.4, -0.2) is 31.5 Å². The van der Waals surface area contributed by atoms with E-state index in [1.807, 2.05) is 48.5 Å². The van der Waals surface area contributed by atoms with Gasteiger partial charge in [0.2, 0.25) is 0 Å². The van der Waals surface area contributed by atoms with Gasteiger partial charge in [-0.25, -0.2) is 8.42 Å². The van der Waals surface area contributed by atoms with Gasteiger partial charge in [-0.1, -0.05) is 43.3 Å². The van der Waals surface area contributed by atoms with Gasteiger partial charge in [-0.3, -0.25) is 4.98 Å². The zero-order valence-corrected chi connectivity index (χ0v) is 12.9. The third kappa shape index (κ3) is 4.65. The molecule has 1 aromatic carbocycles. The van der Waals surface area contributed by atoms with Crippen LogP contribution in [0.3, 0.4) is 0 Å². The van der Waals surface area contributed by atoms with Crippen molar-refractivity contribution >= 4 is 9.84 Å². The molecule has 1 unspecified atom stereocenters. The van der Waals surface area contributed by atoms with Crippen molar-refractivity contribution in [2.75, 3.05) is 18.1 Å². The van der Waals surface area contributed by atoms with Crippen LogP contribution in [0.2, 0.25) is 0 Å². The van der Waals surface area contributed by atoms with Crippen LogP contribution >= 0.6 is 0 Å². The van der Waals surface area contributed by atoms with Crippen LogP contribution in [0.25, 0.3) is 0 Å². The Bertz CT molecular complexity index is 603. The van der Waals surface area contributed by atoms with E-state index in [-0.39, 0.29) is 17.5 Å². The van der Waals surface area contributed by atoms with Gasteiger partial charge in [-0.2, -0.15) is 0 Å². The largest absolute Gasteiger partial charge is 0.304 e. The third-order valence-corrected chi connectivity index (χ3v) is 5.02. The Labute approximate surface area is 126 Å². The molecule has 0 bridgehead atoms. The van der Waals surface area contributed by atoms with Crippen LogP contribution in [0.15, 0.2) is 54.7 Å². The molecule has 5 heteroatoms. The van der Waals surface area contributed by atoms with Gasteiger partial charge in [0.1, 0.15) is 0 Å². The van der Waals surface area contributed by atoms with E-state index >= 15 is 0 Å². The van der Waals surface area contributed by atoms with Gasteiger partial charge in [0.25, 0.3) is 0 Å². The average Bonchev–Trinajstić information content (AvgIpc) is 2.53. The molecule has 4 nitrogen and oxygen atoms in total. The smallest absolute Gasteiger partial charge is 0.151 e. The summed E-state index contributed by atoms with van der Waals surface area (Å²) >= 11 is 0. The van der Waals surface area contributed by atoms with E-state index in [2.05, 4.69) is 10.3 Å². The van der Waals surface area contributed by atoms with Gasteiger partial charge in [0.15, 0.2) is 9.84 Å². The minimum Gasteiger partial charge on any atom is -0.304 e. The number of sulfone groups is 1. The molecule has 0 aliphatic heterocycles. The molecule has 0 aliphatic carbocycles. The Morgan fingerprint density at radius 3 is 2.43 bits per heavy atom. The molecule has 2 aromatic rings. The molecule has 0 fully saturated rings. The molecule has 0 saturated carbocycles. The van der Waals surface area contributed by atoms with E-state index in [4.69, 9.17) is 0 Å². The van der Waals surface area contributed by atoms with Gasteiger partial charge in [-0.15, -0.1) is 0 Å². The maximum absolute atomic E-state index is 11.6. The Kier molecular flexibility index (Phi) is 5.47. The lowest BCUT2D eigenvalue weighted by molar-refractivity contribution is 0.579. The summed E-state index contributed by atoms with van der Waals surface area (Å²) in [4.78, 5) is 4.38. The van der Waals surface area contributed by atoms with E-state index in [0.717, 1.165) is 11.3 Å². The molecule has 1 atom stereocenters. The van der Waals surface area contributed by atoms with E-state index in [1.54, 1.807) is 13.1 Å². The quantitative estimate of drug-likeness (QED) is 0.852. The van der Waals surface area contributed by atoms with Crippen molar-refractivity contribution in [3.8, 4) is 0 Å². The number of aromatic nitrogens is 1. The summed E-state index contributed by atoms with van der Waals surface area (Å²) in [5.74, 6) is 0.313. The molecule has 1 aromatic heterocycles. The molecule has 0 spiro atoms. The fraction of sp³-hybridized carbons (Fsp3) is 0.312. The lowest BCUT2D eigenvalue weighted by atomic mass is 10.0. The first kappa shape index (κ1) is 15.7. The summed E-state index contributed by atoms with van der Waals surface area (Å²) in [6.07, 6.45) is 1.75. The molecule has 0 aliphatic rings. The number of hydrogen-bond donors (Lipinski definition) is 1. The number of pyridine rings is 1. The number of rotatable bonds is 7. The Morgan fingerprint density at radius 1 is 1.10 bits per heavy atom. The van der Waals surface area contributed by atoms with Gasteiger partial charge in [-0.05, 0) is 17.7 Å². The highest BCUT2D eigenvalue weighted by Crippen LogP contribution is 2.19. The van der Waals surface area contributed by atoms with Gasteiger partial charge in [0, 0.05) is 18.5 Å². The molecule has 0 saturated heterocycles. The van der Waals surface area contributed by atoms with Gasteiger partial charge >= 0.3 is 0 Å². The van der Waals surface area contributed by atoms with Crippen molar-refractivity contribution in [3.05, 3.63) is 66.0 Å². The van der Waals surface area contributed by atoms with Crippen LogP contribution in [-0.2, 0) is 9.84 Å². The second kappa shape index (κ2) is 7.33. The highest BCUT2D eigenvalue weighted by atomic mass is 32.2. The summed E-state index contributed by atoms with van der Waals surface area (Å²) < 4.78 is 23.2. The summed E-state index contributed by atoms with van der Waals surface area (Å²) in [5, 5.41) is 3.30. The van der Waals surface area contributed by atoms with Crippen molar-refractivity contribution in [1.29, 1.82) is 0 Å². The normalized spacial score (nSPS) is 13.0. The summed E-state index contributed by atoms with van der Waals surface area (Å²) in [5.41, 5.74) is 1.96. The molecule has 1 heterocycles. The van der Waals surface area contributed by atoms with Crippen LogP contribution in [0.5, 0.6) is 0 Å². The topological polar surface area (TPSA) is 59.1 Å². The average molecular weight is 304 g/mol. The van der Waals surface area contributed by atoms with Crippen LogP contribution in [0.1, 0.15) is 24.2 Å². The zero-order chi connectivity index (χ0) is 15.1. The molecule has 112 valence electrons. The molecule has 1 N–H and O–H groups in total. The Morgan fingerprint density at radius 2 is 1.81 bits per heavy atom. The molecule has 0 radical (unpaired) electrons. The van der Waals surface area contributed by atoms with E-state index in [0.29, 0.717) is 6.54 Å². The summed E-state index contributed by atoms with van der Waals surface area (Å²) in [6, 6.07) is 15.6. The Balaban J connectivity index is 2.14. The Hall–Kier alpha value is -1.72. The number of hydrogen-bond acceptors (Lipinski definition) is 4. The minimum absolute atomic E-state index is 0.0977. The first-order chi connectivity index (χ1) is 10.1. The van der Waals surface area contributed by atoms with Crippen LogP contribution in [0.4, 0.5) is 0 Å². The first-order valence-corrected chi connectivity index (χ1v) is 8.84. The summed E-state index contributed by atoms with van der Waals surface area (Å²) in [7, 11) is -2.96. The summed E-state index contributed by atoms with van der Waals surface area (Å²) in [6.45, 7) is 2.08. The third-order valence-electron chi connectivity index (χ3n) is 3.32. The highest BCUT2D eigenvalue weighted by molar-refractivity contribution is 7.91. The predicted molar refractivity (Wildman–Crippen MR) is 84.9 cm³/mol. The van der Waals surface area contributed by atoms with Crippen molar-refractivity contribution < 1.29 is 8.42 Å². The first-order valence-electron chi connectivity index (χ1n) is 7.02. The van der Waals surface area contributed by atoms with Crippen molar-refractivity contribution in [2.45, 2.75) is 13.0 Å². The minimum atomic E-state index is -2.96. The molecule has 21 heavy (non-hydrogen) atoms. The standard InChI is InChI=1S/C16H20N2O2S/c1-2-21(19,20)13-12-18-16(14-8-4-3-5-9-14)15-10-6-7-11-17-15/h3-11,16,18H,2,12-13H2,1H3. The van der Waals surface area contributed by atoms with Gasteiger partial charge < -0.3 is 5.32 Å². The molecule has 0 amide bonds. The van der Waals surface area contributed by atoms with E-state index in [9.17, 15) is 8.42 Å². The van der Waals surface area contributed by atoms with Crippen LogP contribution < -0.4 is 5.32 Å². The van der Waals surface area contributed by atoms with Gasteiger partial charge in [0.05, 0.1) is 17.5 Å². The van der Waals surface area contributed by atoms with Crippen molar-refractivity contribution in [2.24, 2.45) is 0 Å². The van der Waals surface area contributed by atoms with Crippen LogP contribution in [0, 0.1) is 0 Å². The zero-order valence-electron chi connectivity index (χ0n) is 12.1. The van der Waals surface area contributed by atoms with E-state index in [1.165, 1.54) is 0 Å². The highest BCUT2D eigenvalue weighted by Gasteiger charge is 2.15. The number of nitrogens with zero attached hydrogens (tertiary/aromatic N) is 1. The number of nitrogens with one attached hydrogen (secondary N) is 1. The predicted octanol–water partition coefficient (Wildman–Crippen LogP) is 2.20. The fourth-order valence-corrected chi connectivity index (χ4v) is 2.81. The second-order valence-electron chi connectivity index (χ2n) is 4.79. The maximum Gasteiger partial charge on any atom is 0.151 e. The fourth-order valence-electron chi connectivity index (χ4n) is 2.09. The molecular formula is C16H20N2O2S. The second-order valence-corrected chi connectivity index (χ2v) is 7.26. The molecular weight excluding hydrogens is 284 g/mol. The SMILES string of the molecule is CCS(=O)(=O)CCNC(c1ccccc1)c1ccccn1. The lowest BCUT2D eigenvalue weighted by Gasteiger charge is -2.18. The lowest BCUT2D eigenvalue weighted by Crippen LogP contribution is -2.29. The number of benzene rings is 1. The molecule has 2 rings (SSSR count). The van der Waals surface area contributed by atoms with E-state index < -0.39 is 9.84 Å². The maximum atomic E-state index is 11.6. The van der Waals surface area contributed by atoms with Crippen molar-refractivity contribution in [1.82, 2.24) is 10.3 Å².